The first-order valence-corrected chi connectivity index (χ1v) is 9.90. The lowest BCUT2D eigenvalue weighted by Gasteiger charge is -2.09. The van der Waals surface area contributed by atoms with Crippen LogP contribution in [0.15, 0.2) is 66.9 Å². The Labute approximate surface area is 183 Å². The van der Waals surface area contributed by atoms with Crippen molar-refractivity contribution in [2.24, 2.45) is 0 Å². The van der Waals surface area contributed by atoms with E-state index in [0.717, 1.165) is 16.2 Å². The number of aromatic amines is 1. The Morgan fingerprint density at radius 2 is 1.81 bits per heavy atom. The lowest BCUT2D eigenvalue weighted by atomic mass is 10.0. The number of nitrogens with one attached hydrogen (secondary N) is 2. The van der Waals surface area contributed by atoms with E-state index in [1.165, 1.54) is 0 Å². The molecule has 0 aliphatic rings. The number of H-pyrrole nitrogens is 1. The summed E-state index contributed by atoms with van der Waals surface area (Å²) in [6.45, 7) is 0. The number of carbonyl (C=O) groups excluding carboxylic acids is 1. The number of amides is 1. The van der Waals surface area contributed by atoms with Gasteiger partial charge in [0.05, 0.1) is 30.9 Å². The highest BCUT2D eigenvalue weighted by Gasteiger charge is 2.17. The second kappa shape index (κ2) is 7.99. The number of rotatable bonds is 5. The standard InChI is InChI=1S/C24H19N5O3/c1-31-15-9-10-18(20(13-15)32-2)22-26-24(29-28-22)27-23(30)19-12-14-6-3-4-7-16(14)17-8-5-11-25-21(17)19/h3-13H,1-2H3,(H2,26,27,28,29,30). The van der Waals surface area contributed by atoms with Gasteiger partial charge in [-0.05, 0) is 35.0 Å². The molecule has 158 valence electrons. The highest BCUT2D eigenvalue weighted by molar-refractivity contribution is 6.18. The van der Waals surface area contributed by atoms with E-state index in [0.29, 0.717) is 34.0 Å². The molecule has 8 heteroatoms. The largest absolute Gasteiger partial charge is 0.497 e. The van der Waals surface area contributed by atoms with Gasteiger partial charge in [0.25, 0.3) is 5.91 Å². The molecule has 0 saturated carbocycles. The van der Waals surface area contributed by atoms with Crippen LogP contribution in [0.2, 0.25) is 0 Å². The van der Waals surface area contributed by atoms with Crippen molar-refractivity contribution >= 4 is 33.5 Å². The number of nitrogens with zero attached hydrogens (tertiary/aromatic N) is 3. The maximum Gasteiger partial charge on any atom is 0.260 e. The third-order valence-corrected chi connectivity index (χ3v) is 5.23. The van der Waals surface area contributed by atoms with E-state index < -0.39 is 0 Å². The van der Waals surface area contributed by atoms with Crippen molar-refractivity contribution in [3.8, 4) is 22.9 Å². The van der Waals surface area contributed by atoms with E-state index in [1.807, 2.05) is 48.5 Å². The summed E-state index contributed by atoms with van der Waals surface area (Å²) in [5.74, 6) is 1.51. The molecule has 32 heavy (non-hydrogen) atoms. The third kappa shape index (κ3) is 3.37. The van der Waals surface area contributed by atoms with Gasteiger partial charge < -0.3 is 9.47 Å². The van der Waals surface area contributed by atoms with Crippen LogP contribution < -0.4 is 14.8 Å². The van der Waals surface area contributed by atoms with E-state index in [-0.39, 0.29) is 11.9 Å². The van der Waals surface area contributed by atoms with E-state index >= 15 is 0 Å². The molecule has 8 nitrogen and oxygen atoms in total. The van der Waals surface area contributed by atoms with Crippen LogP contribution in [0.3, 0.4) is 0 Å². The zero-order valence-electron chi connectivity index (χ0n) is 17.4. The monoisotopic (exact) mass is 425 g/mol. The Morgan fingerprint density at radius 1 is 0.969 bits per heavy atom. The molecule has 0 aliphatic carbocycles. The van der Waals surface area contributed by atoms with Crippen LogP contribution in [-0.2, 0) is 0 Å². The van der Waals surface area contributed by atoms with Crippen molar-refractivity contribution in [2.45, 2.75) is 0 Å². The fraction of sp³-hybridized carbons (Fsp3) is 0.0833. The Balaban J connectivity index is 1.49. The number of fused-ring (bicyclic) bond motifs is 3. The summed E-state index contributed by atoms with van der Waals surface area (Å²) in [6.07, 6.45) is 1.68. The van der Waals surface area contributed by atoms with Crippen molar-refractivity contribution in [2.75, 3.05) is 19.5 Å². The third-order valence-electron chi connectivity index (χ3n) is 5.23. The van der Waals surface area contributed by atoms with E-state index in [1.54, 1.807) is 32.5 Å². The summed E-state index contributed by atoms with van der Waals surface area (Å²) in [7, 11) is 3.15. The normalized spacial score (nSPS) is 10.9. The highest BCUT2D eigenvalue weighted by Crippen LogP contribution is 2.32. The van der Waals surface area contributed by atoms with Crippen LogP contribution in [-0.4, -0.2) is 40.3 Å². The second-order valence-corrected chi connectivity index (χ2v) is 7.07. The second-order valence-electron chi connectivity index (χ2n) is 7.07. The molecule has 2 N–H and O–H groups in total. The molecule has 0 unspecified atom stereocenters. The molecule has 1 amide bonds. The van der Waals surface area contributed by atoms with Crippen LogP contribution in [0.4, 0.5) is 5.95 Å². The van der Waals surface area contributed by atoms with Crippen molar-refractivity contribution in [1.82, 2.24) is 20.2 Å². The minimum Gasteiger partial charge on any atom is -0.497 e. The Kier molecular flexibility index (Phi) is 4.87. The van der Waals surface area contributed by atoms with E-state index in [2.05, 4.69) is 25.5 Å². The van der Waals surface area contributed by atoms with Gasteiger partial charge in [-0.3, -0.25) is 20.2 Å². The lowest BCUT2D eigenvalue weighted by Crippen LogP contribution is -2.14. The van der Waals surface area contributed by atoms with Crippen LogP contribution in [0.1, 0.15) is 10.4 Å². The molecule has 0 fully saturated rings. The van der Waals surface area contributed by atoms with E-state index in [9.17, 15) is 4.79 Å². The molecular weight excluding hydrogens is 406 g/mol. The van der Waals surface area contributed by atoms with Crippen molar-refractivity contribution < 1.29 is 14.3 Å². The summed E-state index contributed by atoms with van der Waals surface area (Å²) in [6, 6.07) is 18.9. The van der Waals surface area contributed by atoms with Crippen LogP contribution >= 0.6 is 0 Å². The number of hydrogen-bond acceptors (Lipinski definition) is 6. The molecule has 2 heterocycles. The first kappa shape index (κ1) is 19.5. The van der Waals surface area contributed by atoms with Gasteiger partial charge in [0.2, 0.25) is 5.95 Å². The molecule has 5 rings (SSSR count). The summed E-state index contributed by atoms with van der Waals surface area (Å²) < 4.78 is 10.7. The summed E-state index contributed by atoms with van der Waals surface area (Å²) in [4.78, 5) is 22.0. The molecule has 0 aliphatic heterocycles. The first-order chi connectivity index (χ1) is 15.7. The maximum absolute atomic E-state index is 13.1. The quantitative estimate of drug-likeness (QED) is 0.404. The Morgan fingerprint density at radius 3 is 2.66 bits per heavy atom. The molecule has 0 radical (unpaired) electrons. The highest BCUT2D eigenvalue weighted by atomic mass is 16.5. The van der Waals surface area contributed by atoms with Gasteiger partial charge in [0.15, 0.2) is 5.82 Å². The smallest absolute Gasteiger partial charge is 0.260 e. The van der Waals surface area contributed by atoms with Crippen molar-refractivity contribution in [1.29, 1.82) is 0 Å². The van der Waals surface area contributed by atoms with Gasteiger partial charge in [-0.1, -0.05) is 30.3 Å². The predicted octanol–water partition coefficient (Wildman–Crippen LogP) is 4.44. The lowest BCUT2D eigenvalue weighted by molar-refractivity contribution is 0.102. The van der Waals surface area contributed by atoms with Gasteiger partial charge in [0.1, 0.15) is 11.5 Å². The Hall–Kier alpha value is -4.46. The molecule has 5 aromatic rings. The summed E-state index contributed by atoms with van der Waals surface area (Å²) in [5, 5.41) is 12.7. The molecule has 3 aromatic carbocycles. The number of hydrogen-bond donors (Lipinski definition) is 2. The number of benzene rings is 3. The fourth-order valence-electron chi connectivity index (χ4n) is 3.70. The molecule has 0 saturated heterocycles. The van der Waals surface area contributed by atoms with Gasteiger partial charge in [-0.15, -0.1) is 5.10 Å². The van der Waals surface area contributed by atoms with Gasteiger partial charge >= 0.3 is 0 Å². The molecule has 0 bridgehead atoms. The topological polar surface area (TPSA) is 102 Å². The van der Waals surface area contributed by atoms with Gasteiger partial charge in [0, 0.05) is 17.6 Å². The minimum atomic E-state index is -0.341. The SMILES string of the molecule is COc1ccc(-c2nc(NC(=O)c3cc4ccccc4c4cccnc34)n[nH]2)c(OC)c1. The zero-order valence-corrected chi connectivity index (χ0v) is 17.4. The zero-order chi connectivity index (χ0) is 22.1. The number of pyridine rings is 1. The molecule has 0 spiro atoms. The number of aromatic nitrogens is 4. The van der Waals surface area contributed by atoms with E-state index in [4.69, 9.17) is 9.47 Å². The average Bonchev–Trinajstić information content (AvgIpc) is 3.31. The molecular formula is C24H19N5O3. The molecule has 2 aromatic heterocycles. The predicted molar refractivity (Wildman–Crippen MR) is 122 cm³/mol. The van der Waals surface area contributed by atoms with Gasteiger partial charge in [-0.2, -0.15) is 4.98 Å². The summed E-state index contributed by atoms with van der Waals surface area (Å²) >= 11 is 0. The number of anilines is 1. The Bertz CT molecular complexity index is 1460. The minimum absolute atomic E-state index is 0.153. The fourth-order valence-corrected chi connectivity index (χ4v) is 3.70. The van der Waals surface area contributed by atoms with Crippen molar-refractivity contribution in [3.05, 3.63) is 72.4 Å². The molecule has 0 atom stereocenters. The first-order valence-electron chi connectivity index (χ1n) is 9.90. The average molecular weight is 425 g/mol. The maximum atomic E-state index is 13.1. The van der Waals surface area contributed by atoms with Crippen molar-refractivity contribution in [3.63, 3.8) is 0 Å². The van der Waals surface area contributed by atoms with Crippen LogP contribution in [0.5, 0.6) is 11.5 Å². The number of ether oxygens (including phenoxy) is 2. The van der Waals surface area contributed by atoms with Crippen LogP contribution in [0, 0.1) is 0 Å². The summed E-state index contributed by atoms with van der Waals surface area (Å²) in [5.41, 5.74) is 1.77. The van der Waals surface area contributed by atoms with Gasteiger partial charge in [-0.25, -0.2) is 0 Å². The number of carbonyl (C=O) groups is 1. The number of methoxy groups -OCH3 is 2. The van der Waals surface area contributed by atoms with Crippen LogP contribution in [0.25, 0.3) is 33.1 Å².